The molecule has 1 aliphatic rings. The van der Waals surface area contributed by atoms with E-state index in [1.807, 2.05) is 31.1 Å². The largest absolute Gasteiger partial charge is 0.459 e. The highest BCUT2D eigenvalue weighted by Crippen LogP contribution is 2.33. The Kier molecular flexibility index (Phi) is 6.77. The third kappa shape index (κ3) is 4.92. The number of halogens is 1. The van der Waals surface area contributed by atoms with Crippen LogP contribution in [0.5, 0.6) is 0 Å². The maximum absolute atomic E-state index is 15.0. The van der Waals surface area contributed by atoms with Crippen molar-refractivity contribution in [2.75, 3.05) is 23.9 Å². The first-order valence-electron chi connectivity index (χ1n) is 11.1. The molecule has 33 heavy (non-hydrogen) atoms. The summed E-state index contributed by atoms with van der Waals surface area (Å²) in [6.07, 6.45) is 5.27. The Morgan fingerprint density at radius 3 is 2.30 bits per heavy atom. The van der Waals surface area contributed by atoms with Crippen molar-refractivity contribution >= 4 is 23.2 Å². The van der Waals surface area contributed by atoms with Gasteiger partial charge in [-0.1, -0.05) is 37.1 Å². The minimum Gasteiger partial charge on any atom is -0.459 e. The predicted molar refractivity (Wildman–Crippen MR) is 126 cm³/mol. The molecule has 0 saturated heterocycles. The van der Waals surface area contributed by atoms with Crippen molar-refractivity contribution in [3.8, 4) is 0 Å². The number of benzene rings is 2. The zero-order chi connectivity index (χ0) is 23.4. The van der Waals surface area contributed by atoms with E-state index in [0.717, 1.165) is 31.4 Å². The molecule has 7 heteroatoms. The van der Waals surface area contributed by atoms with E-state index in [0.29, 0.717) is 5.56 Å². The van der Waals surface area contributed by atoms with E-state index in [-0.39, 0.29) is 23.4 Å². The zero-order valence-corrected chi connectivity index (χ0v) is 18.8. The van der Waals surface area contributed by atoms with Gasteiger partial charge < -0.3 is 14.6 Å². The monoisotopic (exact) mass is 449 g/mol. The number of hydrogen-bond donors (Lipinski definition) is 1. The molecular weight excluding hydrogens is 421 g/mol. The summed E-state index contributed by atoms with van der Waals surface area (Å²) in [5.41, 5.74) is 1.55. The highest BCUT2D eigenvalue weighted by atomic mass is 19.1. The van der Waals surface area contributed by atoms with Crippen LogP contribution < -0.4 is 15.1 Å². The number of furan rings is 1. The van der Waals surface area contributed by atoms with E-state index in [1.54, 1.807) is 30.3 Å². The second-order valence-corrected chi connectivity index (χ2v) is 8.48. The SMILES string of the molecule is CN(C)c1ccc([C@@H](C(=O)NC2CCCC2)N(C(=O)c2ccco2)c2ccccc2F)cc1. The molecule has 1 fully saturated rings. The van der Waals surface area contributed by atoms with Crippen LogP contribution in [0.15, 0.2) is 71.3 Å². The molecule has 0 aliphatic heterocycles. The molecule has 1 aromatic heterocycles. The molecule has 0 radical (unpaired) electrons. The van der Waals surface area contributed by atoms with Crippen molar-refractivity contribution in [2.45, 2.75) is 37.8 Å². The van der Waals surface area contributed by atoms with Gasteiger partial charge in [0.2, 0.25) is 5.91 Å². The van der Waals surface area contributed by atoms with Gasteiger partial charge in [0.25, 0.3) is 5.91 Å². The molecule has 3 aromatic rings. The lowest BCUT2D eigenvalue weighted by Gasteiger charge is -2.32. The first-order valence-corrected chi connectivity index (χ1v) is 11.1. The number of anilines is 2. The van der Waals surface area contributed by atoms with Gasteiger partial charge in [0.1, 0.15) is 11.9 Å². The first-order chi connectivity index (χ1) is 16.0. The molecule has 0 spiro atoms. The molecule has 2 aromatic carbocycles. The standard InChI is InChI=1S/C26H28FN3O3/c1-29(2)20-15-13-18(14-16-20)24(25(31)28-19-8-3-4-9-19)30(22-11-6-5-10-21(22)27)26(32)23-12-7-17-33-23/h5-7,10-17,19,24H,3-4,8-9H2,1-2H3,(H,28,31)/t24-/m0/s1. The van der Waals surface area contributed by atoms with Crippen molar-refractivity contribution in [2.24, 2.45) is 0 Å². The Labute approximate surface area is 193 Å². The summed E-state index contributed by atoms with van der Waals surface area (Å²) in [5, 5.41) is 3.09. The Morgan fingerprint density at radius 1 is 1.00 bits per heavy atom. The van der Waals surface area contributed by atoms with Crippen molar-refractivity contribution < 1.29 is 18.4 Å². The van der Waals surface area contributed by atoms with Gasteiger partial charge in [-0.05, 0) is 54.8 Å². The number of carbonyl (C=O) groups is 2. The van der Waals surface area contributed by atoms with Crippen LogP contribution >= 0.6 is 0 Å². The highest BCUT2D eigenvalue weighted by molar-refractivity contribution is 6.08. The van der Waals surface area contributed by atoms with Crippen LogP contribution in [0.4, 0.5) is 15.8 Å². The highest BCUT2D eigenvalue weighted by Gasteiger charge is 2.37. The topological polar surface area (TPSA) is 65.8 Å². The Morgan fingerprint density at radius 2 is 1.70 bits per heavy atom. The molecule has 0 bridgehead atoms. The van der Waals surface area contributed by atoms with E-state index in [9.17, 15) is 14.0 Å². The minimum atomic E-state index is -1.07. The van der Waals surface area contributed by atoms with E-state index < -0.39 is 17.8 Å². The number of hydrogen-bond acceptors (Lipinski definition) is 4. The van der Waals surface area contributed by atoms with Gasteiger partial charge in [0.05, 0.1) is 12.0 Å². The van der Waals surface area contributed by atoms with Crippen LogP contribution in [0.1, 0.15) is 47.8 Å². The number of para-hydroxylation sites is 1. The summed E-state index contributed by atoms with van der Waals surface area (Å²) >= 11 is 0. The fourth-order valence-electron chi connectivity index (χ4n) is 4.25. The van der Waals surface area contributed by atoms with Crippen molar-refractivity contribution in [1.82, 2.24) is 5.32 Å². The second-order valence-electron chi connectivity index (χ2n) is 8.48. The maximum atomic E-state index is 15.0. The molecule has 2 amide bonds. The van der Waals surface area contributed by atoms with Crippen molar-refractivity contribution in [1.29, 1.82) is 0 Å². The predicted octanol–water partition coefficient (Wildman–Crippen LogP) is 4.93. The third-order valence-electron chi connectivity index (χ3n) is 6.00. The summed E-state index contributed by atoms with van der Waals surface area (Å²) in [6, 6.07) is 15.4. The lowest BCUT2D eigenvalue weighted by atomic mass is 10.0. The molecule has 1 heterocycles. The average Bonchev–Trinajstić information content (AvgIpc) is 3.52. The minimum absolute atomic E-state index is 0.0159. The van der Waals surface area contributed by atoms with Gasteiger partial charge in [-0.2, -0.15) is 0 Å². The number of rotatable bonds is 7. The molecular formula is C26H28FN3O3. The van der Waals surface area contributed by atoms with Crippen LogP contribution in [0, 0.1) is 5.82 Å². The summed E-state index contributed by atoms with van der Waals surface area (Å²) < 4.78 is 20.3. The van der Waals surface area contributed by atoms with Gasteiger partial charge >= 0.3 is 0 Å². The van der Waals surface area contributed by atoms with Crippen molar-refractivity contribution in [3.63, 3.8) is 0 Å². The smallest absolute Gasteiger partial charge is 0.295 e. The van der Waals surface area contributed by atoms with Crippen LogP contribution in [0.2, 0.25) is 0 Å². The quantitative estimate of drug-likeness (QED) is 0.555. The Bertz CT molecular complexity index is 1090. The Hall–Kier alpha value is -3.61. The van der Waals surface area contributed by atoms with Crippen LogP contribution in [-0.2, 0) is 4.79 Å². The van der Waals surface area contributed by atoms with E-state index in [2.05, 4.69) is 5.32 Å². The molecule has 6 nitrogen and oxygen atoms in total. The van der Waals surface area contributed by atoms with Gasteiger partial charge in [-0.3, -0.25) is 14.5 Å². The zero-order valence-electron chi connectivity index (χ0n) is 18.8. The molecule has 172 valence electrons. The van der Waals surface area contributed by atoms with Crippen molar-refractivity contribution in [3.05, 3.63) is 84.1 Å². The molecule has 0 unspecified atom stereocenters. The number of nitrogens with zero attached hydrogens (tertiary/aromatic N) is 2. The van der Waals surface area contributed by atoms with Gasteiger partial charge in [0, 0.05) is 25.8 Å². The lowest BCUT2D eigenvalue weighted by Crippen LogP contribution is -2.46. The normalized spacial score (nSPS) is 14.6. The summed E-state index contributed by atoms with van der Waals surface area (Å²) in [4.78, 5) is 30.4. The second kappa shape index (κ2) is 9.90. The lowest BCUT2D eigenvalue weighted by molar-refractivity contribution is -0.123. The van der Waals surface area contributed by atoms with E-state index in [4.69, 9.17) is 4.42 Å². The molecule has 4 rings (SSSR count). The number of amides is 2. The number of carbonyl (C=O) groups excluding carboxylic acids is 2. The number of nitrogens with one attached hydrogen (secondary N) is 1. The fourth-order valence-corrected chi connectivity index (χ4v) is 4.25. The summed E-state index contributed by atoms with van der Waals surface area (Å²) in [5.74, 6) is -1.50. The van der Waals surface area contributed by atoms with Gasteiger partial charge in [0.15, 0.2) is 5.76 Å². The summed E-state index contributed by atoms with van der Waals surface area (Å²) in [6.45, 7) is 0. The van der Waals surface area contributed by atoms with E-state index in [1.165, 1.54) is 29.4 Å². The fraction of sp³-hybridized carbons (Fsp3) is 0.308. The molecule has 1 atom stereocenters. The molecule has 1 N–H and O–H groups in total. The van der Waals surface area contributed by atoms with Gasteiger partial charge in [-0.15, -0.1) is 0 Å². The maximum Gasteiger partial charge on any atom is 0.295 e. The molecule has 1 aliphatic carbocycles. The third-order valence-corrected chi connectivity index (χ3v) is 6.00. The Balaban J connectivity index is 1.82. The molecule has 1 saturated carbocycles. The van der Waals surface area contributed by atoms with Crippen LogP contribution in [-0.4, -0.2) is 32.0 Å². The van der Waals surface area contributed by atoms with Gasteiger partial charge in [-0.25, -0.2) is 4.39 Å². The van der Waals surface area contributed by atoms with Crippen LogP contribution in [0.3, 0.4) is 0 Å². The van der Waals surface area contributed by atoms with E-state index >= 15 is 0 Å². The average molecular weight is 450 g/mol. The summed E-state index contributed by atoms with van der Waals surface area (Å²) in [7, 11) is 3.84. The van der Waals surface area contributed by atoms with Crippen LogP contribution in [0.25, 0.3) is 0 Å². The first kappa shape index (κ1) is 22.6.